The minimum absolute atomic E-state index is 0.761. The van der Waals surface area contributed by atoms with Gasteiger partial charge >= 0.3 is 0 Å². The first kappa shape index (κ1) is 16.3. The summed E-state index contributed by atoms with van der Waals surface area (Å²) in [6.45, 7) is 11.1. The van der Waals surface area contributed by atoms with Crippen LogP contribution in [0.15, 0.2) is 4.99 Å². The Balaban J connectivity index is 2.19. The number of hydrogen-bond acceptors (Lipinski definition) is 2. The molecule has 0 saturated carbocycles. The molecular weight excluding hydrogens is 236 g/mol. The van der Waals surface area contributed by atoms with Gasteiger partial charge in [0.15, 0.2) is 5.96 Å². The molecule has 0 aromatic rings. The zero-order valence-electron chi connectivity index (χ0n) is 12.9. The summed E-state index contributed by atoms with van der Waals surface area (Å²) in [7, 11) is 0. The number of piperidine rings is 1. The maximum atomic E-state index is 6.04. The van der Waals surface area contributed by atoms with E-state index in [4.69, 9.17) is 5.73 Å². The molecule has 0 atom stereocenters. The van der Waals surface area contributed by atoms with E-state index in [1.807, 2.05) is 0 Å². The van der Waals surface area contributed by atoms with Gasteiger partial charge in [0.2, 0.25) is 0 Å². The first-order chi connectivity index (χ1) is 9.27. The van der Waals surface area contributed by atoms with Gasteiger partial charge in [0.05, 0.1) is 0 Å². The lowest BCUT2D eigenvalue weighted by atomic mass is 10.1. The Bertz CT molecular complexity index is 241. The monoisotopic (exact) mass is 268 g/mol. The highest BCUT2D eigenvalue weighted by molar-refractivity contribution is 5.78. The van der Waals surface area contributed by atoms with Crippen LogP contribution < -0.4 is 5.73 Å². The summed E-state index contributed by atoms with van der Waals surface area (Å²) >= 11 is 0. The van der Waals surface area contributed by atoms with Gasteiger partial charge in [-0.3, -0.25) is 4.99 Å². The summed E-state index contributed by atoms with van der Waals surface area (Å²) in [5.74, 6) is 0.761. The number of guanidine groups is 1. The van der Waals surface area contributed by atoms with Crippen LogP contribution in [0.5, 0.6) is 0 Å². The summed E-state index contributed by atoms with van der Waals surface area (Å²) in [4.78, 5) is 9.30. The van der Waals surface area contributed by atoms with Crippen molar-refractivity contribution in [3.8, 4) is 0 Å². The smallest absolute Gasteiger partial charge is 0.191 e. The number of hydrogen-bond donors (Lipinski definition) is 1. The molecule has 1 saturated heterocycles. The van der Waals surface area contributed by atoms with Crippen LogP contribution >= 0.6 is 0 Å². The second-order valence-corrected chi connectivity index (χ2v) is 5.48. The predicted molar refractivity (Wildman–Crippen MR) is 83.6 cm³/mol. The topological polar surface area (TPSA) is 44.9 Å². The third-order valence-electron chi connectivity index (χ3n) is 3.67. The van der Waals surface area contributed by atoms with E-state index >= 15 is 0 Å². The molecule has 1 rings (SSSR count). The molecule has 0 unspecified atom stereocenters. The maximum absolute atomic E-state index is 6.04. The minimum Gasteiger partial charge on any atom is -0.370 e. The number of rotatable bonds is 8. The highest BCUT2D eigenvalue weighted by atomic mass is 15.3. The summed E-state index contributed by atoms with van der Waals surface area (Å²) < 4.78 is 0. The first-order valence-electron chi connectivity index (χ1n) is 8.05. The zero-order valence-corrected chi connectivity index (χ0v) is 12.9. The SMILES string of the molecule is CCCN(CCC)CCCN=C(N)N1CCCCC1. The molecule has 4 heteroatoms. The highest BCUT2D eigenvalue weighted by Gasteiger charge is 2.11. The summed E-state index contributed by atoms with van der Waals surface area (Å²) in [5, 5.41) is 0. The normalized spacial score (nSPS) is 17.2. The quantitative estimate of drug-likeness (QED) is 0.417. The Hall–Kier alpha value is -0.770. The number of nitrogens with zero attached hydrogens (tertiary/aromatic N) is 3. The third kappa shape index (κ3) is 6.81. The van der Waals surface area contributed by atoms with Crippen LogP contribution in [0.3, 0.4) is 0 Å². The second-order valence-electron chi connectivity index (χ2n) is 5.48. The molecular formula is C15H32N4. The van der Waals surface area contributed by atoms with Gasteiger partial charge in [-0.2, -0.15) is 0 Å². The van der Waals surface area contributed by atoms with Gasteiger partial charge < -0.3 is 15.5 Å². The van der Waals surface area contributed by atoms with E-state index in [9.17, 15) is 0 Å². The van der Waals surface area contributed by atoms with Gasteiger partial charge in [0.1, 0.15) is 0 Å². The zero-order chi connectivity index (χ0) is 13.9. The average Bonchev–Trinajstić information content (AvgIpc) is 2.44. The Kier molecular flexibility index (Phi) is 8.63. The average molecular weight is 268 g/mol. The lowest BCUT2D eigenvalue weighted by Gasteiger charge is -2.27. The maximum Gasteiger partial charge on any atom is 0.191 e. The first-order valence-corrected chi connectivity index (χ1v) is 8.05. The van der Waals surface area contributed by atoms with Crippen LogP contribution in [0.1, 0.15) is 52.4 Å². The third-order valence-corrected chi connectivity index (χ3v) is 3.67. The molecule has 2 N–H and O–H groups in total. The number of nitrogens with two attached hydrogens (primary N) is 1. The molecule has 112 valence electrons. The molecule has 0 radical (unpaired) electrons. The van der Waals surface area contributed by atoms with Crippen molar-refractivity contribution < 1.29 is 0 Å². The van der Waals surface area contributed by atoms with Crippen molar-refractivity contribution in [3.05, 3.63) is 0 Å². The molecule has 1 aliphatic heterocycles. The lowest BCUT2D eigenvalue weighted by Crippen LogP contribution is -2.41. The van der Waals surface area contributed by atoms with E-state index in [1.165, 1.54) is 45.2 Å². The molecule has 0 spiro atoms. The molecule has 0 aromatic carbocycles. The van der Waals surface area contributed by atoms with E-state index in [0.717, 1.165) is 38.6 Å². The van der Waals surface area contributed by atoms with Gasteiger partial charge in [0.25, 0.3) is 0 Å². The van der Waals surface area contributed by atoms with Crippen LogP contribution in [0.4, 0.5) is 0 Å². The minimum atomic E-state index is 0.761. The Labute approximate surface area is 119 Å². The van der Waals surface area contributed by atoms with Crippen molar-refractivity contribution in [2.45, 2.75) is 52.4 Å². The van der Waals surface area contributed by atoms with Crippen molar-refractivity contribution in [1.82, 2.24) is 9.80 Å². The van der Waals surface area contributed by atoms with Crippen LogP contribution in [0, 0.1) is 0 Å². The molecule has 0 bridgehead atoms. The van der Waals surface area contributed by atoms with Crippen molar-refractivity contribution in [1.29, 1.82) is 0 Å². The second kappa shape index (κ2) is 10.1. The van der Waals surface area contributed by atoms with E-state index in [2.05, 4.69) is 28.6 Å². The van der Waals surface area contributed by atoms with Gasteiger partial charge in [-0.05, 0) is 58.2 Å². The fourth-order valence-corrected chi connectivity index (χ4v) is 2.68. The van der Waals surface area contributed by atoms with E-state index in [0.29, 0.717) is 0 Å². The molecule has 1 aliphatic rings. The molecule has 4 nitrogen and oxygen atoms in total. The summed E-state index contributed by atoms with van der Waals surface area (Å²) in [6.07, 6.45) is 7.45. The van der Waals surface area contributed by atoms with Crippen molar-refractivity contribution in [2.24, 2.45) is 10.7 Å². The summed E-state index contributed by atoms with van der Waals surface area (Å²) in [6, 6.07) is 0. The Morgan fingerprint density at radius 1 is 1.05 bits per heavy atom. The van der Waals surface area contributed by atoms with Gasteiger partial charge in [0, 0.05) is 19.6 Å². The van der Waals surface area contributed by atoms with E-state index in [-0.39, 0.29) is 0 Å². The van der Waals surface area contributed by atoms with Crippen LogP contribution in [-0.2, 0) is 0 Å². The predicted octanol–water partition coefficient (Wildman–Crippen LogP) is 2.30. The molecule has 19 heavy (non-hydrogen) atoms. The van der Waals surface area contributed by atoms with Crippen molar-refractivity contribution in [2.75, 3.05) is 39.3 Å². The Morgan fingerprint density at radius 2 is 1.68 bits per heavy atom. The highest BCUT2D eigenvalue weighted by Crippen LogP contribution is 2.07. The standard InChI is InChI=1S/C15H32N4/c1-3-10-18(11-4-2)12-8-9-17-15(16)19-13-6-5-7-14-19/h3-14H2,1-2H3,(H2,16,17). The fraction of sp³-hybridized carbons (Fsp3) is 0.933. The molecule has 1 fully saturated rings. The largest absolute Gasteiger partial charge is 0.370 e. The van der Waals surface area contributed by atoms with Gasteiger partial charge in [-0.15, -0.1) is 0 Å². The Morgan fingerprint density at radius 3 is 2.26 bits per heavy atom. The molecule has 0 aromatic heterocycles. The fourth-order valence-electron chi connectivity index (χ4n) is 2.68. The molecule has 0 amide bonds. The van der Waals surface area contributed by atoms with Gasteiger partial charge in [-0.1, -0.05) is 13.8 Å². The molecule has 1 heterocycles. The lowest BCUT2D eigenvalue weighted by molar-refractivity contribution is 0.272. The van der Waals surface area contributed by atoms with Gasteiger partial charge in [-0.25, -0.2) is 0 Å². The van der Waals surface area contributed by atoms with Crippen LogP contribution in [0.2, 0.25) is 0 Å². The van der Waals surface area contributed by atoms with Crippen LogP contribution in [-0.4, -0.2) is 55.0 Å². The van der Waals surface area contributed by atoms with E-state index in [1.54, 1.807) is 0 Å². The van der Waals surface area contributed by atoms with E-state index < -0.39 is 0 Å². The number of aliphatic imine (C=N–C) groups is 1. The molecule has 0 aliphatic carbocycles. The number of likely N-dealkylation sites (tertiary alicyclic amines) is 1. The summed E-state index contributed by atoms with van der Waals surface area (Å²) in [5.41, 5.74) is 6.04. The van der Waals surface area contributed by atoms with Crippen molar-refractivity contribution >= 4 is 5.96 Å². The van der Waals surface area contributed by atoms with Crippen molar-refractivity contribution in [3.63, 3.8) is 0 Å². The van der Waals surface area contributed by atoms with Crippen LogP contribution in [0.25, 0.3) is 0 Å².